The lowest BCUT2D eigenvalue weighted by Crippen LogP contribution is -2.07. The molecule has 0 amide bonds. The van der Waals surface area contributed by atoms with Gasteiger partial charge in [0.2, 0.25) is 0 Å². The molecule has 0 radical (unpaired) electrons. The molecule has 0 fully saturated rings. The van der Waals surface area contributed by atoms with Crippen LogP contribution < -0.4 is 9.47 Å². The first kappa shape index (κ1) is 26.0. The van der Waals surface area contributed by atoms with Gasteiger partial charge in [-0.2, -0.15) is 0 Å². The van der Waals surface area contributed by atoms with Crippen molar-refractivity contribution < 1.29 is 14.3 Å². The number of para-hydroxylation sites is 1. The van der Waals surface area contributed by atoms with Gasteiger partial charge in [-0.3, -0.25) is 4.79 Å². The molecule has 32 heavy (non-hydrogen) atoms. The summed E-state index contributed by atoms with van der Waals surface area (Å²) in [5, 5.41) is 0. The second kappa shape index (κ2) is 15.5. The Labute approximate surface area is 195 Å². The Balaban J connectivity index is 1.98. The summed E-state index contributed by atoms with van der Waals surface area (Å²) in [5.74, 6) is 1.76. The van der Waals surface area contributed by atoms with Gasteiger partial charge in [-0.25, -0.2) is 0 Å². The topological polar surface area (TPSA) is 35.5 Å². The second-order valence-electron chi connectivity index (χ2n) is 8.53. The van der Waals surface area contributed by atoms with Crippen molar-refractivity contribution in [2.45, 2.75) is 91.4 Å². The molecule has 176 valence electrons. The standard InChI is InChI=1S/C29H42O3/c1-4-7-9-13-21-31-28-20-17-24(6-3)23-25(28)18-19-27(30)26-15-11-12-16-29(26)32-22-14-10-8-5-2/h11-12,15-17,20,23H,4-10,13-14,18-19,21-22H2,1-3H3. The molecule has 3 nitrogen and oxygen atoms in total. The fourth-order valence-corrected chi connectivity index (χ4v) is 3.82. The Bertz CT molecular complexity index is 797. The molecule has 0 spiro atoms. The number of ketones is 1. The minimum atomic E-state index is 0.130. The Hall–Kier alpha value is -2.29. The van der Waals surface area contributed by atoms with Gasteiger partial charge in [-0.1, -0.05) is 83.6 Å². The Morgan fingerprint density at radius 1 is 0.750 bits per heavy atom. The lowest BCUT2D eigenvalue weighted by Gasteiger charge is -2.14. The van der Waals surface area contributed by atoms with E-state index in [0.29, 0.717) is 30.8 Å². The smallest absolute Gasteiger partial charge is 0.166 e. The van der Waals surface area contributed by atoms with Crippen molar-refractivity contribution in [3.63, 3.8) is 0 Å². The molecular formula is C29H42O3. The fraction of sp³-hybridized carbons (Fsp3) is 0.552. The minimum absolute atomic E-state index is 0.130. The van der Waals surface area contributed by atoms with Crippen molar-refractivity contribution in [3.8, 4) is 11.5 Å². The summed E-state index contributed by atoms with van der Waals surface area (Å²) in [6.45, 7) is 7.98. The maximum atomic E-state index is 13.1. The normalized spacial score (nSPS) is 10.8. The molecule has 0 aromatic heterocycles. The average Bonchev–Trinajstić information content (AvgIpc) is 2.83. The van der Waals surface area contributed by atoms with Crippen LogP contribution in [-0.2, 0) is 12.8 Å². The minimum Gasteiger partial charge on any atom is -0.493 e. The summed E-state index contributed by atoms with van der Waals surface area (Å²) >= 11 is 0. The first-order valence-corrected chi connectivity index (χ1v) is 12.7. The Morgan fingerprint density at radius 2 is 1.41 bits per heavy atom. The molecule has 0 aliphatic heterocycles. The molecule has 0 aliphatic carbocycles. The number of hydrogen-bond donors (Lipinski definition) is 0. The molecular weight excluding hydrogens is 396 g/mol. The van der Waals surface area contributed by atoms with E-state index in [9.17, 15) is 4.79 Å². The van der Waals surface area contributed by atoms with E-state index in [4.69, 9.17) is 9.47 Å². The van der Waals surface area contributed by atoms with Crippen LogP contribution in [0.25, 0.3) is 0 Å². The molecule has 0 saturated carbocycles. The summed E-state index contributed by atoms with van der Waals surface area (Å²) in [6, 6.07) is 14.1. The van der Waals surface area contributed by atoms with Crippen molar-refractivity contribution in [1.82, 2.24) is 0 Å². The number of carbonyl (C=O) groups excluding carboxylic acids is 1. The zero-order chi connectivity index (χ0) is 23.0. The van der Waals surface area contributed by atoms with E-state index in [2.05, 4.69) is 39.0 Å². The van der Waals surface area contributed by atoms with E-state index >= 15 is 0 Å². The first-order valence-electron chi connectivity index (χ1n) is 12.7. The highest BCUT2D eigenvalue weighted by Gasteiger charge is 2.14. The fourth-order valence-electron chi connectivity index (χ4n) is 3.82. The van der Waals surface area contributed by atoms with Gasteiger partial charge in [-0.15, -0.1) is 0 Å². The van der Waals surface area contributed by atoms with E-state index in [0.717, 1.165) is 37.2 Å². The van der Waals surface area contributed by atoms with E-state index < -0.39 is 0 Å². The van der Waals surface area contributed by atoms with Crippen LogP contribution in [0.1, 0.15) is 100 Å². The molecule has 0 aliphatic rings. The summed E-state index contributed by atoms with van der Waals surface area (Å²) in [7, 11) is 0. The van der Waals surface area contributed by atoms with Gasteiger partial charge in [0.05, 0.1) is 18.8 Å². The maximum Gasteiger partial charge on any atom is 0.166 e. The van der Waals surface area contributed by atoms with Gasteiger partial charge in [0.25, 0.3) is 0 Å². The van der Waals surface area contributed by atoms with Crippen molar-refractivity contribution >= 4 is 5.78 Å². The average molecular weight is 439 g/mol. The van der Waals surface area contributed by atoms with Crippen LogP contribution in [0.3, 0.4) is 0 Å². The molecule has 0 bridgehead atoms. The van der Waals surface area contributed by atoms with Gasteiger partial charge in [0.1, 0.15) is 11.5 Å². The Morgan fingerprint density at radius 3 is 2.06 bits per heavy atom. The third-order valence-electron chi connectivity index (χ3n) is 5.85. The number of ether oxygens (including phenoxy) is 2. The third kappa shape index (κ3) is 9.06. The summed E-state index contributed by atoms with van der Waals surface area (Å²) in [5.41, 5.74) is 3.10. The van der Waals surface area contributed by atoms with Crippen LogP contribution in [0.4, 0.5) is 0 Å². The van der Waals surface area contributed by atoms with Crippen molar-refractivity contribution in [1.29, 1.82) is 0 Å². The molecule has 2 aromatic carbocycles. The number of aryl methyl sites for hydroxylation is 2. The summed E-state index contributed by atoms with van der Waals surface area (Å²) in [4.78, 5) is 13.1. The lowest BCUT2D eigenvalue weighted by atomic mass is 9.99. The molecule has 3 heteroatoms. The summed E-state index contributed by atoms with van der Waals surface area (Å²) < 4.78 is 12.1. The highest BCUT2D eigenvalue weighted by atomic mass is 16.5. The number of unbranched alkanes of at least 4 members (excludes halogenated alkanes) is 6. The predicted molar refractivity (Wildman–Crippen MR) is 134 cm³/mol. The van der Waals surface area contributed by atoms with Crippen LogP contribution >= 0.6 is 0 Å². The Kier molecular flexibility index (Phi) is 12.6. The third-order valence-corrected chi connectivity index (χ3v) is 5.85. The lowest BCUT2D eigenvalue weighted by molar-refractivity contribution is 0.0978. The molecule has 0 unspecified atom stereocenters. The number of hydrogen-bond acceptors (Lipinski definition) is 3. The van der Waals surface area contributed by atoms with E-state index in [-0.39, 0.29) is 5.78 Å². The highest BCUT2D eigenvalue weighted by Crippen LogP contribution is 2.25. The van der Waals surface area contributed by atoms with Gasteiger partial charge in [0, 0.05) is 6.42 Å². The first-order chi connectivity index (χ1) is 15.7. The van der Waals surface area contributed by atoms with Crippen molar-refractivity contribution in [2.24, 2.45) is 0 Å². The highest BCUT2D eigenvalue weighted by molar-refractivity contribution is 5.98. The molecule has 2 rings (SSSR count). The molecule has 0 atom stereocenters. The van der Waals surface area contributed by atoms with Crippen LogP contribution in [0.5, 0.6) is 11.5 Å². The largest absolute Gasteiger partial charge is 0.493 e. The van der Waals surface area contributed by atoms with E-state index in [1.165, 1.54) is 44.1 Å². The van der Waals surface area contributed by atoms with Crippen molar-refractivity contribution in [2.75, 3.05) is 13.2 Å². The van der Waals surface area contributed by atoms with Crippen LogP contribution in [0, 0.1) is 0 Å². The molecule has 2 aromatic rings. The van der Waals surface area contributed by atoms with E-state index in [1.54, 1.807) is 0 Å². The van der Waals surface area contributed by atoms with Crippen LogP contribution in [0.2, 0.25) is 0 Å². The van der Waals surface area contributed by atoms with Crippen LogP contribution in [0.15, 0.2) is 42.5 Å². The number of rotatable bonds is 17. The number of carbonyl (C=O) groups is 1. The molecule has 0 saturated heterocycles. The zero-order valence-electron chi connectivity index (χ0n) is 20.5. The van der Waals surface area contributed by atoms with Gasteiger partial charge in [0.15, 0.2) is 5.78 Å². The SMILES string of the molecule is CCCCCCOc1ccc(CC)cc1CCC(=O)c1ccccc1OCCCCCC. The monoisotopic (exact) mass is 438 g/mol. The maximum absolute atomic E-state index is 13.1. The number of benzene rings is 2. The van der Waals surface area contributed by atoms with Crippen molar-refractivity contribution in [3.05, 3.63) is 59.2 Å². The van der Waals surface area contributed by atoms with Crippen LogP contribution in [-0.4, -0.2) is 19.0 Å². The van der Waals surface area contributed by atoms with Gasteiger partial charge < -0.3 is 9.47 Å². The van der Waals surface area contributed by atoms with Gasteiger partial charge in [-0.05, 0) is 55.0 Å². The summed E-state index contributed by atoms with van der Waals surface area (Å²) in [6.07, 6.45) is 11.5. The second-order valence-corrected chi connectivity index (χ2v) is 8.53. The quantitative estimate of drug-likeness (QED) is 0.185. The zero-order valence-corrected chi connectivity index (χ0v) is 20.5. The number of Topliss-reactive ketones (excluding diaryl/α,β-unsaturated/α-hetero) is 1. The molecule has 0 N–H and O–H groups in total. The van der Waals surface area contributed by atoms with Gasteiger partial charge >= 0.3 is 0 Å². The predicted octanol–water partition coefficient (Wildman–Crippen LogP) is 7.98. The van der Waals surface area contributed by atoms with E-state index in [1.807, 2.05) is 24.3 Å². The molecule has 0 heterocycles.